The van der Waals surface area contributed by atoms with Crippen LogP contribution in [0.1, 0.15) is 24.2 Å². The number of rotatable bonds is 1. The number of ketones is 1. The minimum absolute atomic E-state index is 0.121. The third-order valence-electron chi connectivity index (χ3n) is 1.18. The summed E-state index contributed by atoms with van der Waals surface area (Å²) in [7, 11) is 1.00. The largest absolute Gasteiger partial charge is 0.481 e. The summed E-state index contributed by atoms with van der Waals surface area (Å²) in [6, 6.07) is 9.23. The number of aliphatic hydroxyl groups is 1. The first-order valence-electron chi connectivity index (χ1n) is 4.24. The van der Waals surface area contributed by atoms with Gasteiger partial charge in [0.15, 0.2) is 5.78 Å². The summed E-state index contributed by atoms with van der Waals surface area (Å²) in [5.74, 6) is -0.712. The van der Waals surface area contributed by atoms with E-state index >= 15 is 0 Å². The second-order valence-electron chi connectivity index (χ2n) is 2.44. The topological polar surface area (TPSA) is 74.6 Å². The van der Waals surface area contributed by atoms with Gasteiger partial charge in [0.2, 0.25) is 0 Å². The monoisotopic (exact) mass is 212 g/mol. The van der Waals surface area contributed by atoms with E-state index in [1.165, 1.54) is 0 Å². The van der Waals surface area contributed by atoms with Crippen molar-refractivity contribution in [2.24, 2.45) is 0 Å². The predicted molar refractivity (Wildman–Crippen MR) is 57.9 cm³/mol. The summed E-state index contributed by atoms with van der Waals surface area (Å²) < 4.78 is 0. The van der Waals surface area contributed by atoms with Crippen molar-refractivity contribution < 1.29 is 19.8 Å². The van der Waals surface area contributed by atoms with E-state index in [1.54, 1.807) is 6.92 Å². The number of carbonyl (C=O) groups is 2. The van der Waals surface area contributed by atoms with Crippen molar-refractivity contribution >= 4 is 11.8 Å². The van der Waals surface area contributed by atoms with Crippen molar-refractivity contribution in [1.82, 2.24) is 0 Å². The number of aliphatic carboxylic acids is 1. The Hall–Kier alpha value is -1.68. The second kappa shape index (κ2) is 10.4. The molecular weight excluding hydrogens is 196 g/mol. The number of Topliss-reactive ketones (excluding diaryl/α,β-unsaturated/α-hetero) is 1. The molecule has 0 bridgehead atoms. The van der Waals surface area contributed by atoms with Crippen LogP contribution in [0.3, 0.4) is 0 Å². The van der Waals surface area contributed by atoms with E-state index in [4.69, 9.17) is 15.0 Å². The number of carboxylic acid groups (broad SMARTS) is 1. The van der Waals surface area contributed by atoms with Crippen LogP contribution in [0, 0.1) is 0 Å². The molecule has 0 aromatic heterocycles. The highest BCUT2D eigenvalue weighted by Crippen LogP contribution is 1.97. The highest BCUT2D eigenvalue weighted by Gasteiger charge is 1.92. The number of carbonyl (C=O) groups excluding carboxylic acids is 1. The molecule has 0 spiro atoms. The maximum absolute atomic E-state index is 10.6. The van der Waals surface area contributed by atoms with E-state index < -0.39 is 5.97 Å². The Balaban J connectivity index is 0. The van der Waals surface area contributed by atoms with Crippen molar-refractivity contribution in [3.63, 3.8) is 0 Å². The van der Waals surface area contributed by atoms with E-state index in [0.29, 0.717) is 0 Å². The van der Waals surface area contributed by atoms with Crippen LogP contribution in [0.15, 0.2) is 30.3 Å². The molecule has 0 heterocycles. The molecule has 2 N–H and O–H groups in total. The molecule has 4 heteroatoms. The number of carboxylic acids is 1. The summed E-state index contributed by atoms with van der Waals surface area (Å²) in [6.45, 7) is 2.65. The first kappa shape index (κ1) is 15.8. The maximum atomic E-state index is 10.6. The van der Waals surface area contributed by atoms with Gasteiger partial charge in [-0.15, -0.1) is 0 Å². The van der Waals surface area contributed by atoms with Crippen molar-refractivity contribution in [2.75, 3.05) is 7.11 Å². The van der Waals surface area contributed by atoms with Gasteiger partial charge in [0, 0.05) is 19.6 Å². The van der Waals surface area contributed by atoms with Gasteiger partial charge in [0.1, 0.15) is 0 Å². The van der Waals surface area contributed by atoms with E-state index in [-0.39, 0.29) is 5.78 Å². The van der Waals surface area contributed by atoms with Crippen LogP contribution in [0.25, 0.3) is 0 Å². The van der Waals surface area contributed by atoms with Gasteiger partial charge < -0.3 is 10.2 Å². The van der Waals surface area contributed by atoms with Crippen molar-refractivity contribution in [2.45, 2.75) is 13.8 Å². The summed E-state index contributed by atoms with van der Waals surface area (Å²) in [5.41, 5.74) is 0.775. The first-order valence-corrected chi connectivity index (χ1v) is 4.24. The van der Waals surface area contributed by atoms with Gasteiger partial charge in [-0.2, -0.15) is 0 Å². The molecule has 0 aliphatic heterocycles. The quantitative estimate of drug-likeness (QED) is 0.693. The standard InChI is InChI=1S/C8H8O.C2H4O2.CH4O/c1-7(9)8-5-3-2-4-6-8;1-2(3)4;1-2/h2-6H,1H3;1H3,(H,3,4);2H,1H3. The molecule has 0 atom stereocenters. The zero-order valence-corrected chi connectivity index (χ0v) is 9.10. The molecule has 0 saturated carbocycles. The molecule has 0 aliphatic rings. The zero-order valence-electron chi connectivity index (χ0n) is 9.10. The van der Waals surface area contributed by atoms with E-state index in [0.717, 1.165) is 19.6 Å². The second-order valence-corrected chi connectivity index (χ2v) is 2.44. The van der Waals surface area contributed by atoms with Gasteiger partial charge in [0.25, 0.3) is 5.97 Å². The lowest BCUT2D eigenvalue weighted by molar-refractivity contribution is -0.134. The fourth-order valence-corrected chi connectivity index (χ4v) is 0.673. The third-order valence-corrected chi connectivity index (χ3v) is 1.18. The van der Waals surface area contributed by atoms with Crippen LogP contribution in [-0.2, 0) is 4.79 Å². The zero-order chi connectivity index (χ0) is 12.3. The summed E-state index contributed by atoms with van der Waals surface area (Å²) >= 11 is 0. The molecule has 0 radical (unpaired) electrons. The lowest BCUT2D eigenvalue weighted by Crippen LogP contribution is -1.88. The molecule has 1 rings (SSSR count). The molecule has 1 aromatic carbocycles. The molecule has 15 heavy (non-hydrogen) atoms. The number of hydrogen-bond acceptors (Lipinski definition) is 3. The molecule has 0 aliphatic carbocycles. The van der Waals surface area contributed by atoms with E-state index in [2.05, 4.69) is 0 Å². The average Bonchev–Trinajstić information content (AvgIpc) is 2.21. The maximum Gasteiger partial charge on any atom is 0.300 e. The van der Waals surface area contributed by atoms with Gasteiger partial charge in [-0.25, -0.2) is 0 Å². The summed E-state index contributed by atoms with van der Waals surface area (Å²) in [6.07, 6.45) is 0. The summed E-state index contributed by atoms with van der Waals surface area (Å²) in [4.78, 5) is 19.6. The average molecular weight is 212 g/mol. The Kier molecular flexibility index (Phi) is 10.9. The highest BCUT2D eigenvalue weighted by molar-refractivity contribution is 5.93. The van der Waals surface area contributed by atoms with Gasteiger partial charge in [-0.1, -0.05) is 30.3 Å². The van der Waals surface area contributed by atoms with Crippen LogP contribution in [0.5, 0.6) is 0 Å². The Labute approximate surface area is 89.2 Å². The normalized spacial score (nSPS) is 7.47. The molecule has 0 saturated heterocycles. The van der Waals surface area contributed by atoms with Crippen molar-refractivity contribution in [3.8, 4) is 0 Å². The van der Waals surface area contributed by atoms with Crippen molar-refractivity contribution in [3.05, 3.63) is 35.9 Å². The Bertz CT molecular complexity index is 276. The molecule has 1 aromatic rings. The third kappa shape index (κ3) is 12.3. The highest BCUT2D eigenvalue weighted by atomic mass is 16.4. The molecule has 4 nitrogen and oxygen atoms in total. The summed E-state index contributed by atoms with van der Waals surface area (Å²) in [5, 5.41) is 14.4. The number of aliphatic hydroxyl groups excluding tert-OH is 1. The smallest absolute Gasteiger partial charge is 0.300 e. The van der Waals surface area contributed by atoms with Crippen LogP contribution in [0.2, 0.25) is 0 Å². The number of benzene rings is 1. The minimum Gasteiger partial charge on any atom is -0.481 e. The first-order chi connectivity index (χ1) is 7.04. The lowest BCUT2D eigenvalue weighted by Gasteiger charge is -1.89. The van der Waals surface area contributed by atoms with Gasteiger partial charge in [0.05, 0.1) is 0 Å². The SMILES string of the molecule is CC(=O)O.CC(=O)c1ccccc1.CO. The molecule has 0 fully saturated rings. The molecular formula is C11H16O4. The Morgan fingerprint density at radius 2 is 1.33 bits per heavy atom. The molecule has 0 amide bonds. The lowest BCUT2D eigenvalue weighted by atomic mass is 10.2. The fraction of sp³-hybridized carbons (Fsp3) is 0.273. The van der Waals surface area contributed by atoms with Gasteiger partial charge >= 0.3 is 0 Å². The Morgan fingerprint density at radius 3 is 1.53 bits per heavy atom. The van der Waals surface area contributed by atoms with Crippen LogP contribution >= 0.6 is 0 Å². The Morgan fingerprint density at radius 1 is 1.00 bits per heavy atom. The minimum atomic E-state index is -0.833. The predicted octanol–water partition coefficient (Wildman–Crippen LogP) is 1.59. The van der Waals surface area contributed by atoms with Crippen LogP contribution in [-0.4, -0.2) is 29.1 Å². The van der Waals surface area contributed by atoms with E-state index in [9.17, 15) is 4.79 Å². The van der Waals surface area contributed by atoms with Crippen LogP contribution < -0.4 is 0 Å². The van der Waals surface area contributed by atoms with Crippen LogP contribution in [0.4, 0.5) is 0 Å². The molecule has 84 valence electrons. The van der Waals surface area contributed by atoms with Gasteiger partial charge in [-0.05, 0) is 6.92 Å². The van der Waals surface area contributed by atoms with E-state index in [1.807, 2.05) is 30.3 Å². The number of hydrogen-bond donors (Lipinski definition) is 2. The fourth-order valence-electron chi connectivity index (χ4n) is 0.673. The van der Waals surface area contributed by atoms with Crippen molar-refractivity contribution in [1.29, 1.82) is 0 Å². The molecule has 0 unspecified atom stereocenters. The van der Waals surface area contributed by atoms with Gasteiger partial charge in [-0.3, -0.25) is 9.59 Å².